The van der Waals surface area contributed by atoms with Gasteiger partial charge >= 0.3 is 5.97 Å². The molecule has 0 radical (unpaired) electrons. The van der Waals surface area contributed by atoms with E-state index in [0.717, 1.165) is 39.1 Å². The standard InChI is InChI=1S/C12H23NO4/c1-2-17-12(14)10-16-8-5-13-9-11-3-6-15-7-4-11/h11,13H,2-10H2,1H3. The quantitative estimate of drug-likeness (QED) is 0.501. The molecule has 0 aliphatic carbocycles. The van der Waals surface area contributed by atoms with Gasteiger partial charge in [0, 0.05) is 19.8 Å². The highest BCUT2D eigenvalue weighted by Crippen LogP contribution is 2.12. The first-order valence-electron chi connectivity index (χ1n) is 6.34. The van der Waals surface area contributed by atoms with Crippen LogP contribution in [0.5, 0.6) is 0 Å². The maximum Gasteiger partial charge on any atom is 0.332 e. The summed E-state index contributed by atoms with van der Waals surface area (Å²) in [4.78, 5) is 10.9. The van der Waals surface area contributed by atoms with Gasteiger partial charge in [-0.3, -0.25) is 0 Å². The van der Waals surface area contributed by atoms with Crippen molar-refractivity contribution in [2.24, 2.45) is 5.92 Å². The van der Waals surface area contributed by atoms with Crippen molar-refractivity contribution in [1.29, 1.82) is 0 Å². The molecule has 100 valence electrons. The van der Waals surface area contributed by atoms with Crippen molar-refractivity contribution in [3.05, 3.63) is 0 Å². The molecule has 0 aromatic rings. The summed E-state index contributed by atoms with van der Waals surface area (Å²) in [6.45, 7) is 6.33. The first-order chi connectivity index (χ1) is 8.33. The van der Waals surface area contributed by atoms with E-state index in [-0.39, 0.29) is 12.6 Å². The summed E-state index contributed by atoms with van der Waals surface area (Å²) in [5.74, 6) is 0.422. The third kappa shape index (κ3) is 7.31. The summed E-state index contributed by atoms with van der Waals surface area (Å²) in [5, 5.41) is 3.33. The minimum Gasteiger partial charge on any atom is -0.464 e. The minimum atomic E-state index is -0.295. The van der Waals surface area contributed by atoms with Crippen LogP contribution in [0.2, 0.25) is 0 Å². The van der Waals surface area contributed by atoms with Gasteiger partial charge in [-0.25, -0.2) is 4.79 Å². The van der Waals surface area contributed by atoms with Crippen LogP contribution in [0.15, 0.2) is 0 Å². The van der Waals surface area contributed by atoms with Gasteiger partial charge in [-0.05, 0) is 32.2 Å². The molecular formula is C12H23NO4. The molecule has 0 aromatic heterocycles. The van der Waals surface area contributed by atoms with Gasteiger partial charge in [0.1, 0.15) is 6.61 Å². The number of rotatable bonds is 8. The van der Waals surface area contributed by atoms with Crippen molar-refractivity contribution in [2.45, 2.75) is 19.8 Å². The lowest BCUT2D eigenvalue weighted by atomic mass is 10.0. The molecule has 17 heavy (non-hydrogen) atoms. The second kappa shape index (κ2) is 9.39. The molecule has 1 fully saturated rings. The molecule has 0 unspecified atom stereocenters. The lowest BCUT2D eigenvalue weighted by Gasteiger charge is -2.22. The Bertz CT molecular complexity index is 205. The molecule has 0 aromatic carbocycles. The van der Waals surface area contributed by atoms with E-state index in [1.165, 1.54) is 0 Å². The molecule has 0 spiro atoms. The van der Waals surface area contributed by atoms with Gasteiger partial charge in [-0.15, -0.1) is 0 Å². The highest BCUT2D eigenvalue weighted by molar-refractivity contribution is 5.70. The summed E-state index contributed by atoms with van der Waals surface area (Å²) in [6.07, 6.45) is 2.27. The molecular weight excluding hydrogens is 222 g/mol. The highest BCUT2D eigenvalue weighted by Gasteiger charge is 2.12. The average Bonchev–Trinajstić information content (AvgIpc) is 2.35. The van der Waals surface area contributed by atoms with Crippen molar-refractivity contribution in [1.82, 2.24) is 5.32 Å². The fourth-order valence-electron chi connectivity index (χ4n) is 1.76. The van der Waals surface area contributed by atoms with Crippen LogP contribution in [0.25, 0.3) is 0 Å². The summed E-state index contributed by atoms with van der Waals surface area (Å²) >= 11 is 0. The van der Waals surface area contributed by atoms with E-state index in [1.807, 2.05) is 0 Å². The summed E-state index contributed by atoms with van der Waals surface area (Å²) in [6, 6.07) is 0. The average molecular weight is 245 g/mol. The highest BCUT2D eigenvalue weighted by atomic mass is 16.6. The van der Waals surface area contributed by atoms with Crippen molar-refractivity contribution < 1.29 is 19.0 Å². The number of hydrogen-bond acceptors (Lipinski definition) is 5. The summed E-state index contributed by atoms with van der Waals surface area (Å²) in [7, 11) is 0. The van der Waals surface area contributed by atoms with E-state index in [4.69, 9.17) is 14.2 Å². The number of nitrogens with one attached hydrogen (secondary N) is 1. The zero-order chi connectivity index (χ0) is 12.3. The Labute approximate surface area is 103 Å². The molecule has 1 N–H and O–H groups in total. The van der Waals surface area contributed by atoms with Crippen LogP contribution in [0.3, 0.4) is 0 Å². The molecule has 0 saturated carbocycles. The molecule has 1 aliphatic heterocycles. The van der Waals surface area contributed by atoms with Crippen LogP contribution in [-0.2, 0) is 19.0 Å². The van der Waals surface area contributed by atoms with E-state index in [0.29, 0.717) is 19.1 Å². The third-order valence-corrected chi connectivity index (χ3v) is 2.72. The fraction of sp³-hybridized carbons (Fsp3) is 0.917. The first kappa shape index (κ1) is 14.4. The van der Waals surface area contributed by atoms with Crippen molar-refractivity contribution in [2.75, 3.05) is 46.1 Å². The van der Waals surface area contributed by atoms with Gasteiger partial charge in [-0.1, -0.05) is 0 Å². The molecule has 1 heterocycles. The molecule has 5 nitrogen and oxygen atoms in total. The smallest absolute Gasteiger partial charge is 0.332 e. The van der Waals surface area contributed by atoms with E-state index in [9.17, 15) is 4.79 Å². The van der Waals surface area contributed by atoms with Gasteiger partial charge in [0.15, 0.2) is 0 Å². The van der Waals surface area contributed by atoms with Crippen molar-refractivity contribution in [3.63, 3.8) is 0 Å². The van der Waals surface area contributed by atoms with E-state index in [2.05, 4.69) is 5.32 Å². The zero-order valence-corrected chi connectivity index (χ0v) is 10.6. The molecule has 1 rings (SSSR count). The van der Waals surface area contributed by atoms with Crippen LogP contribution in [0.1, 0.15) is 19.8 Å². The van der Waals surface area contributed by atoms with Gasteiger partial charge in [0.05, 0.1) is 13.2 Å². The van der Waals surface area contributed by atoms with E-state index in [1.54, 1.807) is 6.92 Å². The van der Waals surface area contributed by atoms with Gasteiger partial charge in [-0.2, -0.15) is 0 Å². The van der Waals surface area contributed by atoms with E-state index >= 15 is 0 Å². The predicted molar refractivity (Wildman–Crippen MR) is 63.9 cm³/mol. The predicted octanol–water partition coefficient (Wildman–Crippen LogP) is 0.582. The van der Waals surface area contributed by atoms with Crippen molar-refractivity contribution in [3.8, 4) is 0 Å². The van der Waals surface area contributed by atoms with E-state index < -0.39 is 0 Å². The molecule has 0 amide bonds. The van der Waals surface area contributed by atoms with Crippen molar-refractivity contribution >= 4 is 5.97 Å². The molecule has 5 heteroatoms. The summed E-state index contributed by atoms with van der Waals surface area (Å²) < 4.78 is 15.2. The Morgan fingerprint density at radius 1 is 1.41 bits per heavy atom. The Morgan fingerprint density at radius 2 is 2.18 bits per heavy atom. The Kier molecular flexibility index (Phi) is 7.96. The molecule has 1 aliphatic rings. The third-order valence-electron chi connectivity index (χ3n) is 2.72. The zero-order valence-electron chi connectivity index (χ0n) is 10.6. The lowest BCUT2D eigenvalue weighted by Crippen LogP contribution is -2.30. The van der Waals surface area contributed by atoms with Crippen LogP contribution in [0, 0.1) is 5.92 Å². The largest absolute Gasteiger partial charge is 0.464 e. The number of ether oxygens (including phenoxy) is 3. The number of hydrogen-bond donors (Lipinski definition) is 1. The second-order valence-corrected chi connectivity index (χ2v) is 4.12. The molecule has 0 bridgehead atoms. The lowest BCUT2D eigenvalue weighted by molar-refractivity contribution is -0.148. The maximum atomic E-state index is 10.9. The van der Waals surface area contributed by atoms with Gasteiger partial charge < -0.3 is 19.5 Å². The van der Waals surface area contributed by atoms with Crippen LogP contribution < -0.4 is 5.32 Å². The molecule has 0 atom stereocenters. The Morgan fingerprint density at radius 3 is 2.88 bits per heavy atom. The monoisotopic (exact) mass is 245 g/mol. The number of carbonyl (C=O) groups excluding carboxylic acids is 1. The van der Waals surface area contributed by atoms with Gasteiger partial charge in [0.2, 0.25) is 0 Å². The number of esters is 1. The van der Waals surface area contributed by atoms with Gasteiger partial charge in [0.25, 0.3) is 0 Å². The van der Waals surface area contributed by atoms with Crippen LogP contribution in [-0.4, -0.2) is 52.1 Å². The fourth-order valence-corrected chi connectivity index (χ4v) is 1.76. The summed E-state index contributed by atoms with van der Waals surface area (Å²) in [5.41, 5.74) is 0. The molecule has 1 saturated heterocycles. The maximum absolute atomic E-state index is 10.9. The Hall–Kier alpha value is -0.650. The minimum absolute atomic E-state index is 0.0484. The van der Waals surface area contributed by atoms with Crippen LogP contribution in [0.4, 0.5) is 0 Å². The Balaban J connectivity index is 1.85. The second-order valence-electron chi connectivity index (χ2n) is 4.12. The topological polar surface area (TPSA) is 56.8 Å². The normalized spacial score (nSPS) is 17.0. The first-order valence-corrected chi connectivity index (χ1v) is 6.34. The SMILES string of the molecule is CCOC(=O)COCCNCC1CCOCC1. The van der Waals surface area contributed by atoms with Crippen LogP contribution >= 0.6 is 0 Å². The number of carbonyl (C=O) groups is 1.